The first-order valence-electron chi connectivity index (χ1n) is 3.61. The molecular weight excluding hydrogens is 175 g/mol. The van der Waals surface area contributed by atoms with Crippen molar-refractivity contribution >= 4 is 17.7 Å². The van der Waals surface area contributed by atoms with Gasteiger partial charge < -0.3 is 10.6 Å². The van der Waals surface area contributed by atoms with Crippen LogP contribution >= 0.6 is 0 Å². The van der Waals surface area contributed by atoms with Crippen LogP contribution in [0.1, 0.15) is 6.92 Å². The van der Waals surface area contributed by atoms with Gasteiger partial charge in [0, 0.05) is 20.0 Å². The number of amides is 1. The molecule has 1 heterocycles. The van der Waals surface area contributed by atoms with Gasteiger partial charge in [0.05, 0.1) is 0 Å². The van der Waals surface area contributed by atoms with Crippen molar-refractivity contribution in [1.29, 1.82) is 0 Å². The van der Waals surface area contributed by atoms with Crippen LogP contribution in [-0.4, -0.2) is 22.9 Å². The minimum absolute atomic E-state index is 0.128. The van der Waals surface area contributed by atoms with Gasteiger partial charge in [0.25, 0.3) is 0 Å². The molecule has 1 aromatic heterocycles. The lowest BCUT2D eigenvalue weighted by atomic mass is 10.5. The fraction of sp³-hybridized carbons (Fsp3) is 0.286. The highest BCUT2D eigenvalue weighted by Crippen LogP contribution is 2.07. The number of anilines is 2. The zero-order valence-electron chi connectivity index (χ0n) is 7.26. The highest BCUT2D eigenvalue weighted by Gasteiger charge is 2.03. The molecule has 5 nitrogen and oxygen atoms in total. The third-order valence-electron chi connectivity index (χ3n) is 1.22. The summed E-state index contributed by atoms with van der Waals surface area (Å²) in [6.07, 6.45) is 0. The molecule has 70 valence electrons. The number of hydrogen-bond donors (Lipinski definition) is 2. The number of halogens is 1. The van der Waals surface area contributed by atoms with Crippen molar-refractivity contribution in [2.24, 2.45) is 0 Å². The summed E-state index contributed by atoms with van der Waals surface area (Å²) in [4.78, 5) is 17.8. The van der Waals surface area contributed by atoms with Crippen LogP contribution in [0.2, 0.25) is 0 Å². The summed E-state index contributed by atoms with van der Waals surface area (Å²) in [5, 5.41) is 4.92. The molecule has 0 aliphatic heterocycles. The summed E-state index contributed by atoms with van der Waals surface area (Å²) < 4.78 is 12.7. The van der Waals surface area contributed by atoms with Gasteiger partial charge in [0.2, 0.25) is 17.8 Å². The Labute approximate surface area is 74.4 Å². The first-order valence-corrected chi connectivity index (χ1v) is 3.61. The molecular formula is C7H9FN4O. The van der Waals surface area contributed by atoms with E-state index in [4.69, 9.17) is 0 Å². The Bertz CT molecular complexity index is 328. The molecule has 6 heteroatoms. The fourth-order valence-electron chi connectivity index (χ4n) is 0.774. The number of nitrogens with one attached hydrogen (secondary N) is 2. The molecule has 13 heavy (non-hydrogen) atoms. The Morgan fingerprint density at radius 1 is 1.54 bits per heavy atom. The first-order chi connectivity index (χ1) is 6.11. The van der Waals surface area contributed by atoms with Gasteiger partial charge in [-0.15, -0.1) is 0 Å². The van der Waals surface area contributed by atoms with E-state index < -0.39 is 5.95 Å². The number of carbonyl (C=O) groups excluding carboxylic acids is 1. The van der Waals surface area contributed by atoms with Gasteiger partial charge >= 0.3 is 0 Å². The molecule has 0 aliphatic carbocycles. The molecule has 1 rings (SSSR count). The lowest BCUT2D eigenvalue weighted by Crippen LogP contribution is -2.09. The third-order valence-corrected chi connectivity index (χ3v) is 1.22. The summed E-state index contributed by atoms with van der Waals surface area (Å²) >= 11 is 0. The van der Waals surface area contributed by atoms with E-state index in [1.807, 2.05) is 0 Å². The Balaban J connectivity index is 2.94. The van der Waals surface area contributed by atoms with Crippen LogP contribution in [0.15, 0.2) is 6.07 Å². The van der Waals surface area contributed by atoms with E-state index in [2.05, 4.69) is 20.6 Å². The smallest absolute Gasteiger partial charge is 0.227 e. The zero-order valence-corrected chi connectivity index (χ0v) is 7.26. The van der Waals surface area contributed by atoms with Crippen molar-refractivity contribution < 1.29 is 9.18 Å². The Kier molecular flexibility index (Phi) is 2.73. The summed E-state index contributed by atoms with van der Waals surface area (Å²) in [5.74, 6) is -0.726. The van der Waals surface area contributed by atoms with Crippen LogP contribution in [-0.2, 0) is 4.79 Å². The monoisotopic (exact) mass is 184 g/mol. The summed E-state index contributed by atoms with van der Waals surface area (Å²) in [7, 11) is 1.56. The Hall–Kier alpha value is -1.72. The highest BCUT2D eigenvalue weighted by atomic mass is 19.1. The molecule has 0 atom stereocenters. The molecule has 0 bridgehead atoms. The van der Waals surface area contributed by atoms with Crippen LogP contribution in [0.25, 0.3) is 0 Å². The van der Waals surface area contributed by atoms with Gasteiger partial charge in [-0.3, -0.25) is 4.79 Å². The van der Waals surface area contributed by atoms with E-state index in [0.717, 1.165) is 6.07 Å². The minimum atomic E-state index is -0.692. The zero-order chi connectivity index (χ0) is 9.84. The van der Waals surface area contributed by atoms with E-state index in [9.17, 15) is 9.18 Å². The van der Waals surface area contributed by atoms with Crippen molar-refractivity contribution in [2.75, 3.05) is 17.7 Å². The molecule has 0 aromatic carbocycles. The van der Waals surface area contributed by atoms with Gasteiger partial charge in [0.1, 0.15) is 5.82 Å². The lowest BCUT2D eigenvalue weighted by Gasteiger charge is -2.03. The molecule has 0 saturated heterocycles. The topological polar surface area (TPSA) is 66.9 Å². The van der Waals surface area contributed by atoms with Crippen molar-refractivity contribution in [1.82, 2.24) is 9.97 Å². The average molecular weight is 184 g/mol. The Morgan fingerprint density at radius 2 is 2.23 bits per heavy atom. The maximum atomic E-state index is 12.7. The minimum Gasteiger partial charge on any atom is -0.357 e. The number of nitrogens with zero attached hydrogens (tertiary/aromatic N) is 2. The number of hydrogen-bond acceptors (Lipinski definition) is 4. The quantitative estimate of drug-likeness (QED) is 0.661. The SMILES string of the molecule is CNc1nc(F)cc(NC(C)=O)n1. The van der Waals surface area contributed by atoms with Crippen molar-refractivity contribution in [3.63, 3.8) is 0 Å². The van der Waals surface area contributed by atoms with E-state index in [-0.39, 0.29) is 17.7 Å². The average Bonchev–Trinajstić information content (AvgIpc) is 2.01. The van der Waals surface area contributed by atoms with Crippen LogP contribution in [0.5, 0.6) is 0 Å². The van der Waals surface area contributed by atoms with Gasteiger partial charge in [-0.1, -0.05) is 0 Å². The van der Waals surface area contributed by atoms with Crippen LogP contribution in [0.3, 0.4) is 0 Å². The fourth-order valence-corrected chi connectivity index (χ4v) is 0.774. The van der Waals surface area contributed by atoms with E-state index in [1.165, 1.54) is 6.92 Å². The summed E-state index contributed by atoms with van der Waals surface area (Å²) in [6, 6.07) is 1.04. The second kappa shape index (κ2) is 3.79. The number of carbonyl (C=O) groups is 1. The number of rotatable bonds is 2. The molecule has 2 N–H and O–H groups in total. The van der Waals surface area contributed by atoms with Gasteiger partial charge in [-0.05, 0) is 0 Å². The maximum Gasteiger partial charge on any atom is 0.227 e. The molecule has 0 spiro atoms. The molecule has 0 fully saturated rings. The van der Waals surface area contributed by atoms with Crippen LogP contribution in [0.4, 0.5) is 16.2 Å². The second-order valence-corrected chi connectivity index (χ2v) is 2.33. The Morgan fingerprint density at radius 3 is 2.77 bits per heavy atom. The molecule has 1 aromatic rings. The predicted molar refractivity (Wildman–Crippen MR) is 45.8 cm³/mol. The second-order valence-electron chi connectivity index (χ2n) is 2.33. The first kappa shape index (κ1) is 9.37. The molecule has 0 unspecified atom stereocenters. The summed E-state index contributed by atoms with van der Waals surface area (Å²) in [5.41, 5.74) is 0. The van der Waals surface area contributed by atoms with Crippen molar-refractivity contribution in [3.05, 3.63) is 12.0 Å². The predicted octanol–water partition coefficient (Wildman–Crippen LogP) is 0.616. The van der Waals surface area contributed by atoms with Crippen LogP contribution < -0.4 is 10.6 Å². The van der Waals surface area contributed by atoms with Crippen molar-refractivity contribution in [3.8, 4) is 0 Å². The third kappa shape index (κ3) is 2.66. The lowest BCUT2D eigenvalue weighted by molar-refractivity contribution is -0.114. The van der Waals surface area contributed by atoms with E-state index >= 15 is 0 Å². The van der Waals surface area contributed by atoms with Crippen LogP contribution in [0, 0.1) is 5.95 Å². The molecule has 0 saturated carbocycles. The molecule has 0 radical (unpaired) electrons. The highest BCUT2D eigenvalue weighted by molar-refractivity contribution is 5.87. The maximum absolute atomic E-state index is 12.7. The van der Waals surface area contributed by atoms with Gasteiger partial charge in [-0.2, -0.15) is 14.4 Å². The number of aromatic nitrogens is 2. The van der Waals surface area contributed by atoms with Gasteiger partial charge in [-0.25, -0.2) is 0 Å². The van der Waals surface area contributed by atoms with Crippen molar-refractivity contribution in [2.45, 2.75) is 6.92 Å². The largest absolute Gasteiger partial charge is 0.357 e. The molecule has 0 aliphatic rings. The van der Waals surface area contributed by atoms with E-state index in [0.29, 0.717) is 0 Å². The van der Waals surface area contributed by atoms with Gasteiger partial charge in [0.15, 0.2) is 0 Å². The normalized spacial score (nSPS) is 9.46. The summed E-state index contributed by atoms with van der Waals surface area (Å²) in [6.45, 7) is 1.32. The van der Waals surface area contributed by atoms with E-state index in [1.54, 1.807) is 7.05 Å². The molecule has 1 amide bonds. The standard InChI is InChI=1S/C7H9FN4O/c1-4(13)10-6-3-5(8)11-7(9-2)12-6/h3H,1-2H3,(H2,9,10,11,12,13).